The maximum absolute atomic E-state index is 12.8. The van der Waals surface area contributed by atoms with Crippen molar-refractivity contribution in [2.75, 3.05) is 0 Å². The Bertz CT molecular complexity index is 1070. The van der Waals surface area contributed by atoms with Crippen LogP contribution in [0.5, 0.6) is 0 Å². The molecule has 3 heterocycles. The summed E-state index contributed by atoms with van der Waals surface area (Å²) >= 11 is 6.14. The second kappa shape index (κ2) is 6.74. The number of pyridine rings is 1. The summed E-state index contributed by atoms with van der Waals surface area (Å²) in [4.78, 5) is 21.7. The first-order chi connectivity index (χ1) is 13.6. The molecule has 2 aromatic heterocycles. The van der Waals surface area contributed by atoms with Gasteiger partial charge in [0.1, 0.15) is 11.0 Å². The van der Waals surface area contributed by atoms with Gasteiger partial charge in [0, 0.05) is 30.9 Å². The standard InChI is InChI=1S/C22H21ClN4O/c1-13-9-17(21(23)24-11-13)22(28)26-18-7-6-14-4-5-15(10-16(14)18)19-12-27-8-2-3-20(27)25-19/h4-5,9-12,18H,2-3,6-8H2,1H3,(H,26,28)/t18-/m1/s1. The summed E-state index contributed by atoms with van der Waals surface area (Å²) < 4.78 is 2.24. The Labute approximate surface area is 168 Å². The van der Waals surface area contributed by atoms with Gasteiger partial charge < -0.3 is 9.88 Å². The molecule has 0 saturated carbocycles. The van der Waals surface area contributed by atoms with Gasteiger partial charge in [-0.2, -0.15) is 0 Å². The lowest BCUT2D eigenvalue weighted by molar-refractivity contribution is 0.0936. The minimum atomic E-state index is -0.176. The van der Waals surface area contributed by atoms with Gasteiger partial charge in [-0.25, -0.2) is 9.97 Å². The van der Waals surface area contributed by atoms with E-state index in [9.17, 15) is 4.79 Å². The number of imidazole rings is 1. The molecule has 1 aromatic carbocycles. The van der Waals surface area contributed by atoms with Crippen LogP contribution in [0.25, 0.3) is 11.3 Å². The van der Waals surface area contributed by atoms with Crippen molar-refractivity contribution in [2.45, 2.75) is 45.2 Å². The van der Waals surface area contributed by atoms with E-state index in [0.717, 1.165) is 42.6 Å². The van der Waals surface area contributed by atoms with Crippen LogP contribution in [0.15, 0.2) is 36.7 Å². The van der Waals surface area contributed by atoms with Crippen LogP contribution in [-0.2, 0) is 19.4 Å². The highest BCUT2D eigenvalue weighted by molar-refractivity contribution is 6.32. The number of benzene rings is 1. The highest BCUT2D eigenvalue weighted by atomic mass is 35.5. The third kappa shape index (κ3) is 3.00. The Kier molecular flexibility index (Phi) is 4.20. The molecule has 6 heteroatoms. The summed E-state index contributed by atoms with van der Waals surface area (Å²) in [6, 6.07) is 8.25. The van der Waals surface area contributed by atoms with Gasteiger partial charge in [-0.3, -0.25) is 4.79 Å². The molecule has 1 aliphatic heterocycles. The van der Waals surface area contributed by atoms with Crippen molar-refractivity contribution in [1.29, 1.82) is 0 Å². The van der Waals surface area contributed by atoms with E-state index >= 15 is 0 Å². The number of halogens is 1. The molecule has 1 aliphatic carbocycles. The van der Waals surface area contributed by atoms with Crippen LogP contribution in [0.3, 0.4) is 0 Å². The predicted molar refractivity (Wildman–Crippen MR) is 108 cm³/mol. The maximum Gasteiger partial charge on any atom is 0.254 e. The van der Waals surface area contributed by atoms with E-state index in [0.29, 0.717) is 5.56 Å². The molecular weight excluding hydrogens is 372 g/mol. The van der Waals surface area contributed by atoms with Crippen LogP contribution in [0, 0.1) is 6.92 Å². The Balaban J connectivity index is 1.42. The van der Waals surface area contributed by atoms with Gasteiger partial charge in [0.05, 0.1) is 17.3 Å². The Morgan fingerprint density at radius 2 is 2.18 bits per heavy atom. The average Bonchev–Trinajstić information content (AvgIpc) is 3.38. The molecule has 3 aromatic rings. The van der Waals surface area contributed by atoms with Gasteiger partial charge in [0.15, 0.2) is 0 Å². The Morgan fingerprint density at radius 1 is 1.29 bits per heavy atom. The quantitative estimate of drug-likeness (QED) is 0.677. The Hall–Kier alpha value is -2.66. The highest BCUT2D eigenvalue weighted by Crippen LogP contribution is 2.35. The highest BCUT2D eigenvalue weighted by Gasteiger charge is 2.26. The molecular formula is C22H21ClN4O. The van der Waals surface area contributed by atoms with Gasteiger partial charge in [-0.05, 0) is 55.0 Å². The van der Waals surface area contributed by atoms with Crippen LogP contribution in [0.2, 0.25) is 5.15 Å². The van der Waals surface area contributed by atoms with Crippen LogP contribution in [-0.4, -0.2) is 20.4 Å². The number of carbonyl (C=O) groups is 1. The second-order valence-electron chi connectivity index (χ2n) is 7.67. The molecule has 1 amide bonds. The third-order valence-corrected chi connectivity index (χ3v) is 6.00. The molecule has 28 heavy (non-hydrogen) atoms. The summed E-state index contributed by atoms with van der Waals surface area (Å²) in [7, 11) is 0. The first kappa shape index (κ1) is 17.4. The first-order valence-electron chi connectivity index (χ1n) is 9.71. The van der Waals surface area contributed by atoms with E-state index < -0.39 is 0 Å². The first-order valence-corrected chi connectivity index (χ1v) is 10.1. The van der Waals surface area contributed by atoms with Crippen molar-refractivity contribution in [3.8, 4) is 11.3 Å². The van der Waals surface area contributed by atoms with Crippen molar-refractivity contribution in [3.05, 3.63) is 69.9 Å². The van der Waals surface area contributed by atoms with Gasteiger partial charge in [0.25, 0.3) is 5.91 Å². The number of amides is 1. The molecule has 5 rings (SSSR count). The summed E-state index contributed by atoms with van der Waals surface area (Å²) in [5, 5.41) is 3.39. The topological polar surface area (TPSA) is 59.8 Å². The van der Waals surface area contributed by atoms with Crippen molar-refractivity contribution >= 4 is 17.5 Å². The minimum Gasteiger partial charge on any atom is -0.345 e. The van der Waals surface area contributed by atoms with Crippen LogP contribution >= 0.6 is 11.6 Å². The molecule has 0 radical (unpaired) electrons. The number of aryl methyl sites for hydroxylation is 4. The molecule has 0 unspecified atom stereocenters. The maximum atomic E-state index is 12.8. The zero-order valence-corrected chi connectivity index (χ0v) is 16.5. The summed E-state index contributed by atoms with van der Waals surface area (Å²) in [6.07, 6.45) is 7.89. The zero-order valence-electron chi connectivity index (χ0n) is 15.7. The number of nitrogens with zero attached hydrogens (tertiary/aromatic N) is 3. The van der Waals surface area contributed by atoms with Crippen LogP contribution < -0.4 is 5.32 Å². The average molecular weight is 393 g/mol. The molecule has 0 fully saturated rings. The fourth-order valence-electron chi connectivity index (χ4n) is 4.25. The largest absolute Gasteiger partial charge is 0.345 e. The SMILES string of the molecule is Cc1cnc(Cl)c(C(=O)N[C@@H]2CCc3ccc(-c4cn5c(n4)CCC5)cc32)c1. The van der Waals surface area contributed by atoms with Gasteiger partial charge in [-0.1, -0.05) is 23.7 Å². The van der Waals surface area contributed by atoms with Crippen molar-refractivity contribution in [3.63, 3.8) is 0 Å². The molecule has 0 spiro atoms. The zero-order chi connectivity index (χ0) is 19.3. The van der Waals surface area contributed by atoms with Crippen molar-refractivity contribution in [1.82, 2.24) is 19.9 Å². The summed E-state index contributed by atoms with van der Waals surface area (Å²) in [5.74, 6) is 0.993. The van der Waals surface area contributed by atoms with E-state index in [-0.39, 0.29) is 17.1 Å². The normalized spacial score (nSPS) is 17.4. The number of fused-ring (bicyclic) bond motifs is 2. The molecule has 142 valence electrons. The molecule has 1 atom stereocenters. The monoisotopic (exact) mass is 392 g/mol. The van der Waals surface area contributed by atoms with Crippen LogP contribution in [0.1, 0.15) is 51.8 Å². The lowest BCUT2D eigenvalue weighted by atomic mass is 10.0. The molecule has 2 aliphatic rings. The van der Waals surface area contributed by atoms with Gasteiger partial charge in [-0.15, -0.1) is 0 Å². The molecule has 0 bridgehead atoms. The van der Waals surface area contributed by atoms with Gasteiger partial charge >= 0.3 is 0 Å². The smallest absolute Gasteiger partial charge is 0.254 e. The fraction of sp³-hybridized carbons (Fsp3) is 0.318. The lowest BCUT2D eigenvalue weighted by Gasteiger charge is -2.15. The second-order valence-corrected chi connectivity index (χ2v) is 8.03. The van der Waals surface area contributed by atoms with Crippen LogP contribution in [0.4, 0.5) is 0 Å². The number of hydrogen-bond donors (Lipinski definition) is 1. The van der Waals surface area contributed by atoms with E-state index in [4.69, 9.17) is 16.6 Å². The minimum absolute atomic E-state index is 0.0199. The molecule has 0 saturated heterocycles. The van der Waals surface area contributed by atoms with E-state index in [1.165, 1.54) is 23.4 Å². The number of nitrogens with one attached hydrogen (secondary N) is 1. The predicted octanol–water partition coefficient (Wildman–Crippen LogP) is 4.27. The van der Waals surface area contributed by atoms with E-state index in [2.05, 4.69) is 39.3 Å². The lowest BCUT2D eigenvalue weighted by Crippen LogP contribution is -2.27. The molecule has 1 N–H and O–H groups in total. The van der Waals surface area contributed by atoms with Crippen molar-refractivity contribution in [2.24, 2.45) is 0 Å². The Morgan fingerprint density at radius 3 is 3.04 bits per heavy atom. The van der Waals surface area contributed by atoms with E-state index in [1.807, 2.05) is 6.92 Å². The number of hydrogen-bond acceptors (Lipinski definition) is 3. The third-order valence-electron chi connectivity index (χ3n) is 5.70. The number of aromatic nitrogens is 3. The fourth-order valence-corrected chi connectivity index (χ4v) is 4.44. The number of carbonyl (C=O) groups excluding carboxylic acids is 1. The summed E-state index contributed by atoms with van der Waals surface area (Å²) in [5.41, 5.74) is 5.93. The molecule has 5 nitrogen and oxygen atoms in total. The van der Waals surface area contributed by atoms with Gasteiger partial charge in [0.2, 0.25) is 0 Å². The summed E-state index contributed by atoms with van der Waals surface area (Å²) in [6.45, 7) is 2.96. The van der Waals surface area contributed by atoms with Crippen molar-refractivity contribution < 1.29 is 4.79 Å². The number of rotatable bonds is 3. The van der Waals surface area contributed by atoms with E-state index in [1.54, 1.807) is 12.3 Å².